The summed E-state index contributed by atoms with van der Waals surface area (Å²) in [5.41, 5.74) is -0.231. The Hall–Kier alpha value is -1.96. The Morgan fingerprint density at radius 3 is 2.81 bits per heavy atom. The minimum atomic E-state index is -1.70. The van der Waals surface area contributed by atoms with Crippen molar-refractivity contribution in [2.45, 2.75) is 45.1 Å². The quantitative estimate of drug-likeness (QED) is 0.581. The fourth-order valence-corrected chi connectivity index (χ4v) is 6.40. The summed E-state index contributed by atoms with van der Waals surface area (Å²) in [6.07, 6.45) is 16.1. The predicted octanol–water partition coefficient (Wildman–Crippen LogP) is 2.37. The first-order valence-electron chi connectivity index (χ1n) is 9.70. The smallest absolute Gasteiger partial charge is 0.191 e. The van der Waals surface area contributed by atoms with Crippen molar-refractivity contribution < 1.29 is 19.8 Å². The molecule has 0 aliphatic heterocycles. The predicted molar refractivity (Wildman–Crippen MR) is 101 cm³/mol. The van der Waals surface area contributed by atoms with E-state index < -0.39 is 29.3 Å². The first-order valence-corrected chi connectivity index (χ1v) is 9.70. The number of hydrogen-bond donors (Lipinski definition) is 2. The van der Waals surface area contributed by atoms with Crippen molar-refractivity contribution in [2.75, 3.05) is 6.61 Å². The van der Waals surface area contributed by atoms with E-state index >= 15 is 0 Å². The first kappa shape index (κ1) is 18.4. The van der Waals surface area contributed by atoms with Gasteiger partial charge in [-0.1, -0.05) is 36.1 Å². The number of hydrogen-bond acceptors (Lipinski definition) is 4. The second-order valence-electron chi connectivity index (χ2n) is 8.94. The van der Waals surface area contributed by atoms with E-state index in [2.05, 4.69) is 18.9 Å². The molecule has 4 heteroatoms. The zero-order valence-electron chi connectivity index (χ0n) is 15.9. The minimum Gasteiger partial charge on any atom is -0.388 e. The summed E-state index contributed by atoms with van der Waals surface area (Å²) in [7, 11) is 0. The van der Waals surface area contributed by atoms with Crippen molar-refractivity contribution in [3.05, 3.63) is 35.5 Å². The molecule has 2 N–H and O–H groups in total. The number of aliphatic hydroxyl groups excluding tert-OH is 1. The Balaban J connectivity index is 1.81. The molecule has 4 aliphatic rings. The molecule has 27 heavy (non-hydrogen) atoms. The number of fused-ring (bicyclic) bond motifs is 5. The summed E-state index contributed by atoms with van der Waals surface area (Å²) in [6.45, 7) is 3.40. The molecule has 0 heterocycles. The molecule has 0 saturated heterocycles. The van der Waals surface area contributed by atoms with Crippen LogP contribution < -0.4 is 0 Å². The van der Waals surface area contributed by atoms with Crippen LogP contribution in [0, 0.1) is 40.9 Å². The Morgan fingerprint density at radius 2 is 2.15 bits per heavy atom. The van der Waals surface area contributed by atoms with Crippen LogP contribution in [0.3, 0.4) is 0 Å². The fourth-order valence-electron chi connectivity index (χ4n) is 6.40. The molecule has 0 bridgehead atoms. The molecule has 0 aromatic heterocycles. The van der Waals surface area contributed by atoms with Crippen LogP contribution in [0.2, 0.25) is 0 Å². The van der Waals surface area contributed by atoms with Gasteiger partial charge in [0.15, 0.2) is 11.6 Å². The van der Waals surface area contributed by atoms with E-state index in [4.69, 9.17) is 6.42 Å². The second kappa shape index (κ2) is 5.77. The molecular formula is C23H26O4. The highest BCUT2D eigenvalue weighted by molar-refractivity contribution is 6.01. The summed E-state index contributed by atoms with van der Waals surface area (Å²) in [5.74, 6) is 1.80. The molecule has 4 rings (SSSR count). The second-order valence-corrected chi connectivity index (χ2v) is 8.94. The van der Waals surface area contributed by atoms with Crippen molar-refractivity contribution in [3.8, 4) is 12.3 Å². The minimum absolute atomic E-state index is 0.0401. The van der Waals surface area contributed by atoms with Gasteiger partial charge in [-0.05, 0) is 56.6 Å². The van der Waals surface area contributed by atoms with Gasteiger partial charge in [-0.25, -0.2) is 0 Å². The molecule has 142 valence electrons. The number of carbonyl (C=O) groups excluding carboxylic acids is 2. The van der Waals surface area contributed by atoms with Crippen LogP contribution in [-0.2, 0) is 9.59 Å². The Bertz CT molecular complexity index is 856. The number of allylic oxidation sites excluding steroid dienone is 6. The van der Waals surface area contributed by atoms with Crippen LogP contribution in [0.4, 0.5) is 0 Å². The molecule has 4 nitrogen and oxygen atoms in total. The van der Waals surface area contributed by atoms with Crippen LogP contribution in [0.15, 0.2) is 35.5 Å². The van der Waals surface area contributed by atoms with E-state index in [1.807, 2.05) is 13.0 Å². The summed E-state index contributed by atoms with van der Waals surface area (Å²) in [5, 5.41) is 20.9. The molecule has 0 spiro atoms. The van der Waals surface area contributed by atoms with Crippen molar-refractivity contribution >= 4 is 11.6 Å². The average molecular weight is 366 g/mol. The molecule has 2 saturated carbocycles. The zero-order valence-corrected chi connectivity index (χ0v) is 15.9. The van der Waals surface area contributed by atoms with Crippen LogP contribution in [0.25, 0.3) is 0 Å². The topological polar surface area (TPSA) is 74.6 Å². The van der Waals surface area contributed by atoms with E-state index in [9.17, 15) is 19.8 Å². The average Bonchev–Trinajstić information content (AvgIpc) is 2.90. The van der Waals surface area contributed by atoms with Crippen LogP contribution >= 0.6 is 0 Å². The lowest BCUT2D eigenvalue weighted by molar-refractivity contribution is -0.159. The molecule has 4 aliphatic carbocycles. The lowest BCUT2D eigenvalue weighted by Gasteiger charge is -2.53. The van der Waals surface area contributed by atoms with Crippen molar-refractivity contribution in [3.63, 3.8) is 0 Å². The third-order valence-electron chi connectivity index (χ3n) is 7.97. The molecule has 6 atom stereocenters. The highest BCUT2D eigenvalue weighted by Gasteiger charge is 2.68. The van der Waals surface area contributed by atoms with Gasteiger partial charge < -0.3 is 10.2 Å². The Morgan fingerprint density at radius 1 is 1.41 bits per heavy atom. The van der Waals surface area contributed by atoms with E-state index in [0.29, 0.717) is 12.8 Å². The number of aliphatic hydroxyl groups is 2. The van der Waals surface area contributed by atoms with Crippen LogP contribution in [-0.4, -0.2) is 34.0 Å². The monoisotopic (exact) mass is 366 g/mol. The van der Waals surface area contributed by atoms with E-state index in [1.54, 1.807) is 12.2 Å². The highest BCUT2D eigenvalue weighted by atomic mass is 16.3. The third-order valence-corrected chi connectivity index (χ3v) is 7.97. The molecule has 0 aromatic rings. The molecule has 2 unspecified atom stereocenters. The standard InChI is InChI=1S/C23H26O4/c1-4-14-12-19-17-6-5-15-11-16(25)7-9-21(15,2)18(17)8-10-22(19,3)23(14,27)20(26)13-24/h1,7-9,11,14,17,19,24,27H,5-6,10,12-13H2,2-3H3/t14-,17?,19?,21+,22+,23+/m1/s1. The largest absolute Gasteiger partial charge is 0.388 e. The van der Waals surface area contributed by atoms with Gasteiger partial charge in [0, 0.05) is 10.8 Å². The SMILES string of the molecule is C#C[C@@H]1CC2C3CCC4=CC(=O)C=C[C@]4(C)C3=CC[C@]2(C)[C@@]1(O)C(=O)CO. The van der Waals surface area contributed by atoms with Gasteiger partial charge in [-0.2, -0.15) is 0 Å². The normalized spacial score (nSPS) is 45.1. The Kier molecular flexibility index (Phi) is 3.93. The maximum atomic E-state index is 12.6. The number of rotatable bonds is 2. The van der Waals surface area contributed by atoms with Crippen molar-refractivity contribution in [2.24, 2.45) is 28.6 Å². The highest BCUT2D eigenvalue weighted by Crippen LogP contribution is 2.66. The Labute approximate surface area is 160 Å². The number of ketones is 2. The molecule has 0 aromatic carbocycles. The molecule has 2 fully saturated rings. The van der Waals surface area contributed by atoms with Gasteiger partial charge in [0.2, 0.25) is 0 Å². The molecular weight excluding hydrogens is 340 g/mol. The van der Waals surface area contributed by atoms with Gasteiger partial charge in [0.1, 0.15) is 12.2 Å². The van der Waals surface area contributed by atoms with Gasteiger partial charge in [0.25, 0.3) is 0 Å². The van der Waals surface area contributed by atoms with Gasteiger partial charge in [-0.3, -0.25) is 9.59 Å². The molecule has 0 radical (unpaired) electrons. The van der Waals surface area contributed by atoms with Gasteiger partial charge in [0.05, 0.1) is 5.92 Å². The van der Waals surface area contributed by atoms with E-state index in [0.717, 1.165) is 18.4 Å². The van der Waals surface area contributed by atoms with E-state index in [1.165, 1.54) is 5.57 Å². The van der Waals surface area contributed by atoms with Crippen molar-refractivity contribution in [1.29, 1.82) is 0 Å². The third kappa shape index (κ3) is 2.13. The number of Topliss-reactive ketones (excluding diaryl/α,β-unsaturated/α-hetero) is 1. The maximum absolute atomic E-state index is 12.6. The van der Waals surface area contributed by atoms with Crippen LogP contribution in [0.1, 0.15) is 39.5 Å². The lowest BCUT2D eigenvalue weighted by Crippen LogP contribution is -2.57. The van der Waals surface area contributed by atoms with Gasteiger partial charge in [-0.15, -0.1) is 6.42 Å². The fraction of sp³-hybridized carbons (Fsp3) is 0.565. The first-order chi connectivity index (χ1) is 12.7. The summed E-state index contributed by atoms with van der Waals surface area (Å²) >= 11 is 0. The van der Waals surface area contributed by atoms with Crippen molar-refractivity contribution in [1.82, 2.24) is 0 Å². The molecule has 0 amide bonds. The van der Waals surface area contributed by atoms with Crippen LogP contribution in [0.5, 0.6) is 0 Å². The van der Waals surface area contributed by atoms with E-state index in [-0.39, 0.29) is 23.0 Å². The zero-order chi connectivity index (χ0) is 19.6. The summed E-state index contributed by atoms with van der Waals surface area (Å²) in [4.78, 5) is 24.4. The number of carbonyl (C=O) groups is 2. The maximum Gasteiger partial charge on any atom is 0.191 e. The number of terminal acetylenes is 1. The van der Waals surface area contributed by atoms with Gasteiger partial charge >= 0.3 is 0 Å². The summed E-state index contributed by atoms with van der Waals surface area (Å²) in [6, 6.07) is 0. The summed E-state index contributed by atoms with van der Waals surface area (Å²) < 4.78 is 0. The lowest BCUT2D eigenvalue weighted by atomic mass is 9.51.